The van der Waals surface area contributed by atoms with Crippen LogP contribution in [0.3, 0.4) is 0 Å². The summed E-state index contributed by atoms with van der Waals surface area (Å²) in [5.74, 6) is 2.17. The van der Waals surface area contributed by atoms with Gasteiger partial charge in [-0.2, -0.15) is 0 Å². The Bertz CT molecular complexity index is 1160. The van der Waals surface area contributed by atoms with E-state index in [-0.39, 0.29) is 18.2 Å². The van der Waals surface area contributed by atoms with Gasteiger partial charge in [-0.05, 0) is 61.7 Å². The van der Waals surface area contributed by atoms with Crippen LogP contribution in [-0.2, 0) is 6.42 Å². The van der Waals surface area contributed by atoms with E-state index in [1.807, 2.05) is 25.1 Å². The lowest BCUT2D eigenvalue weighted by Gasteiger charge is -2.30. The van der Waals surface area contributed by atoms with Crippen molar-refractivity contribution in [1.29, 1.82) is 0 Å². The molecular weight excluding hydrogens is 457 g/mol. The summed E-state index contributed by atoms with van der Waals surface area (Å²) in [7, 11) is 0. The molecule has 1 aliphatic heterocycles. The molecule has 0 radical (unpaired) electrons. The van der Waals surface area contributed by atoms with Gasteiger partial charge < -0.3 is 14.4 Å². The van der Waals surface area contributed by atoms with Crippen molar-refractivity contribution in [3.05, 3.63) is 75.3 Å². The summed E-state index contributed by atoms with van der Waals surface area (Å²) >= 11 is 12.9. The number of aliphatic hydroxyl groups excluding tert-OH is 1. The summed E-state index contributed by atoms with van der Waals surface area (Å²) < 4.78 is 8.72. The number of aromatic nitrogens is 2. The van der Waals surface area contributed by atoms with Gasteiger partial charge in [0.25, 0.3) is 0 Å². The number of imidazole rings is 1. The molecule has 5 nitrogen and oxygen atoms in total. The number of β-amino-alcohol motifs (C(OH)–C–C–N with tert-alkyl or cyclic N) is 1. The number of nitrogens with zero attached hydrogens (tertiary/aromatic N) is 3. The fourth-order valence-electron chi connectivity index (χ4n) is 5.11. The van der Waals surface area contributed by atoms with Crippen LogP contribution in [0.1, 0.15) is 54.9 Å². The quantitative estimate of drug-likeness (QED) is 0.501. The maximum Gasteiger partial charge on any atom is 0.140 e. The predicted molar refractivity (Wildman–Crippen MR) is 132 cm³/mol. The van der Waals surface area contributed by atoms with Crippen LogP contribution in [0.25, 0.3) is 5.69 Å². The number of benzene rings is 2. The number of rotatable bonds is 5. The number of halogens is 2. The van der Waals surface area contributed by atoms with Crippen LogP contribution in [0, 0.1) is 6.92 Å². The molecule has 7 heteroatoms. The Labute approximate surface area is 204 Å². The van der Waals surface area contributed by atoms with Gasteiger partial charge >= 0.3 is 0 Å². The van der Waals surface area contributed by atoms with Crippen molar-refractivity contribution in [1.82, 2.24) is 14.5 Å². The molecule has 1 aliphatic carbocycles. The minimum atomic E-state index is -0.290. The number of aliphatic hydroxyl groups is 1. The average Bonchev–Trinajstić information content (AvgIpc) is 3.46. The van der Waals surface area contributed by atoms with Crippen LogP contribution in [0.4, 0.5) is 0 Å². The number of likely N-dealkylation sites (tertiary alicyclic amines) is 1. The van der Waals surface area contributed by atoms with Gasteiger partial charge in [0, 0.05) is 46.5 Å². The summed E-state index contributed by atoms with van der Waals surface area (Å²) in [4.78, 5) is 6.99. The molecule has 0 bridgehead atoms. The minimum Gasteiger partial charge on any atom is -0.484 e. The van der Waals surface area contributed by atoms with Crippen LogP contribution in [-0.4, -0.2) is 44.8 Å². The minimum absolute atomic E-state index is 0.108. The Morgan fingerprint density at radius 3 is 2.58 bits per heavy atom. The molecule has 0 spiro atoms. The molecule has 2 aliphatic rings. The van der Waals surface area contributed by atoms with Gasteiger partial charge in [0.05, 0.1) is 17.8 Å². The van der Waals surface area contributed by atoms with E-state index in [0.717, 1.165) is 53.5 Å². The van der Waals surface area contributed by atoms with Gasteiger partial charge in [0.1, 0.15) is 17.7 Å². The van der Waals surface area contributed by atoms with E-state index in [1.165, 1.54) is 0 Å². The van der Waals surface area contributed by atoms with Crippen molar-refractivity contribution in [2.75, 3.05) is 13.1 Å². The Balaban J connectivity index is 1.44. The molecule has 0 saturated carbocycles. The van der Waals surface area contributed by atoms with Gasteiger partial charge in [-0.1, -0.05) is 37.0 Å². The highest BCUT2D eigenvalue weighted by Gasteiger charge is 2.41. The van der Waals surface area contributed by atoms with Crippen molar-refractivity contribution >= 4 is 23.2 Å². The third-order valence-corrected chi connectivity index (χ3v) is 7.23. The second-order valence-electron chi connectivity index (χ2n) is 9.46. The van der Waals surface area contributed by atoms with E-state index in [9.17, 15) is 5.11 Å². The molecule has 5 rings (SSSR count). The standard InChI is InChI=1S/C26H29Cl2N3O2/c1-15(2)26-29-16(3)13-31(26)18-4-6-20(7-5-18)33-25-22-10-17(27)11-23(28)21(22)12-24(25)30-9-8-19(32)14-30/h4-7,10-11,13,15,19,24-25,32H,8-9,12,14H2,1-3H3/t19?,24-,25-/m0/s1. The molecule has 2 heterocycles. The normalized spacial score (nSPS) is 22.8. The Kier molecular flexibility index (Phi) is 6.17. The molecule has 0 amide bonds. The van der Waals surface area contributed by atoms with Crippen LogP contribution < -0.4 is 4.74 Å². The highest BCUT2D eigenvalue weighted by atomic mass is 35.5. The van der Waals surface area contributed by atoms with Crippen molar-refractivity contribution in [3.8, 4) is 11.4 Å². The van der Waals surface area contributed by atoms with Crippen molar-refractivity contribution in [2.24, 2.45) is 0 Å². The first-order valence-corrected chi connectivity index (χ1v) is 12.3. The van der Waals surface area contributed by atoms with E-state index in [1.54, 1.807) is 6.07 Å². The summed E-state index contributed by atoms with van der Waals surface area (Å²) in [5, 5.41) is 11.4. The maximum absolute atomic E-state index is 10.1. The molecule has 1 saturated heterocycles. The largest absolute Gasteiger partial charge is 0.484 e. The summed E-state index contributed by atoms with van der Waals surface area (Å²) in [5.41, 5.74) is 4.19. The monoisotopic (exact) mass is 485 g/mol. The second-order valence-corrected chi connectivity index (χ2v) is 10.3. The third-order valence-electron chi connectivity index (χ3n) is 6.68. The molecule has 33 heavy (non-hydrogen) atoms. The van der Waals surface area contributed by atoms with Crippen molar-refractivity contribution < 1.29 is 9.84 Å². The van der Waals surface area contributed by atoms with E-state index in [4.69, 9.17) is 27.9 Å². The van der Waals surface area contributed by atoms with Gasteiger partial charge in [-0.25, -0.2) is 4.98 Å². The number of aryl methyl sites for hydroxylation is 1. The van der Waals surface area contributed by atoms with Gasteiger partial charge in [0.2, 0.25) is 0 Å². The van der Waals surface area contributed by atoms with Crippen LogP contribution in [0.2, 0.25) is 10.0 Å². The first-order valence-electron chi connectivity index (χ1n) is 11.5. The summed E-state index contributed by atoms with van der Waals surface area (Å²) in [6.45, 7) is 7.82. The van der Waals surface area contributed by atoms with Crippen LogP contribution in [0.5, 0.6) is 5.75 Å². The fourth-order valence-corrected chi connectivity index (χ4v) is 5.70. The van der Waals surface area contributed by atoms with Crippen molar-refractivity contribution in [2.45, 2.75) is 57.8 Å². The highest BCUT2D eigenvalue weighted by molar-refractivity contribution is 6.35. The first kappa shape index (κ1) is 22.7. The van der Waals surface area contributed by atoms with Gasteiger partial charge in [-0.15, -0.1) is 0 Å². The zero-order valence-corrected chi connectivity index (χ0v) is 20.6. The molecule has 1 fully saturated rings. The molecule has 174 valence electrons. The van der Waals surface area contributed by atoms with Crippen molar-refractivity contribution in [3.63, 3.8) is 0 Å². The first-order chi connectivity index (χ1) is 15.8. The lowest BCUT2D eigenvalue weighted by molar-refractivity contribution is 0.0818. The van der Waals surface area contributed by atoms with Crippen LogP contribution >= 0.6 is 23.2 Å². The number of fused-ring (bicyclic) bond motifs is 1. The predicted octanol–water partition coefficient (Wildman–Crippen LogP) is 5.72. The fraction of sp³-hybridized carbons (Fsp3) is 0.423. The molecule has 1 unspecified atom stereocenters. The Morgan fingerprint density at radius 2 is 1.91 bits per heavy atom. The lowest BCUT2D eigenvalue weighted by Crippen LogP contribution is -2.39. The third kappa shape index (κ3) is 4.40. The number of hydrogen-bond acceptors (Lipinski definition) is 4. The van der Waals surface area contributed by atoms with Gasteiger partial charge in [0.15, 0.2) is 0 Å². The highest BCUT2D eigenvalue weighted by Crippen LogP contribution is 2.43. The summed E-state index contributed by atoms with van der Waals surface area (Å²) in [6, 6.07) is 12.0. The topological polar surface area (TPSA) is 50.5 Å². The summed E-state index contributed by atoms with van der Waals surface area (Å²) in [6.07, 6.45) is 3.14. The lowest BCUT2D eigenvalue weighted by atomic mass is 10.1. The molecule has 3 aromatic rings. The molecule has 3 atom stereocenters. The number of hydrogen-bond donors (Lipinski definition) is 1. The van der Waals surface area contributed by atoms with E-state index >= 15 is 0 Å². The zero-order valence-electron chi connectivity index (χ0n) is 19.1. The average molecular weight is 486 g/mol. The maximum atomic E-state index is 10.1. The Morgan fingerprint density at radius 1 is 1.15 bits per heavy atom. The number of ether oxygens (including phenoxy) is 1. The Hall–Kier alpha value is -2.05. The molecule has 1 aromatic heterocycles. The smallest absolute Gasteiger partial charge is 0.140 e. The zero-order chi connectivity index (χ0) is 23.3. The molecule has 1 N–H and O–H groups in total. The SMILES string of the molecule is Cc1cn(-c2ccc(O[C@H]3c4cc(Cl)cc(Cl)c4C[C@@H]3N3CCC(O)C3)cc2)c(C(C)C)n1. The second kappa shape index (κ2) is 8.95. The van der Waals surface area contributed by atoms with Gasteiger partial charge in [-0.3, -0.25) is 4.90 Å². The van der Waals surface area contributed by atoms with Crippen LogP contribution in [0.15, 0.2) is 42.6 Å². The molecule has 2 aromatic carbocycles. The van der Waals surface area contributed by atoms with E-state index in [2.05, 4.69) is 46.6 Å². The van der Waals surface area contributed by atoms with E-state index in [0.29, 0.717) is 22.5 Å². The molecular formula is C26H29Cl2N3O2. The van der Waals surface area contributed by atoms with E-state index < -0.39 is 0 Å².